The van der Waals surface area contributed by atoms with Gasteiger partial charge in [-0.3, -0.25) is 4.79 Å². The summed E-state index contributed by atoms with van der Waals surface area (Å²) >= 11 is 11.9. The highest BCUT2D eigenvalue weighted by Gasteiger charge is 2.43. The highest BCUT2D eigenvalue weighted by molar-refractivity contribution is 6.34. The Bertz CT molecular complexity index is 554. The van der Waals surface area contributed by atoms with Gasteiger partial charge in [-0.25, -0.2) is 0 Å². The fraction of sp³-hybridized carbons (Fsp3) is 0.562. The van der Waals surface area contributed by atoms with Gasteiger partial charge in [-0.05, 0) is 43.0 Å². The first kappa shape index (κ1) is 16.1. The van der Waals surface area contributed by atoms with Crippen molar-refractivity contribution in [2.45, 2.75) is 37.4 Å². The Morgan fingerprint density at radius 1 is 1.32 bits per heavy atom. The molecule has 4 nitrogen and oxygen atoms in total. The predicted molar refractivity (Wildman–Crippen MR) is 85.2 cm³/mol. The molecule has 0 radical (unpaired) electrons. The van der Waals surface area contributed by atoms with Crippen LogP contribution in [0.5, 0.6) is 0 Å². The third-order valence-electron chi connectivity index (χ3n) is 4.50. The number of halogens is 2. The molecule has 1 aliphatic carbocycles. The van der Waals surface area contributed by atoms with Crippen molar-refractivity contribution in [3.05, 3.63) is 33.8 Å². The Kier molecular flexibility index (Phi) is 4.64. The van der Waals surface area contributed by atoms with Crippen molar-refractivity contribution < 1.29 is 14.6 Å². The van der Waals surface area contributed by atoms with E-state index < -0.39 is 6.10 Å². The third-order valence-corrected chi connectivity index (χ3v) is 4.94. The van der Waals surface area contributed by atoms with E-state index in [-0.39, 0.29) is 17.9 Å². The van der Waals surface area contributed by atoms with Crippen LogP contribution in [0.2, 0.25) is 10.0 Å². The van der Waals surface area contributed by atoms with E-state index in [2.05, 4.69) is 0 Å². The summed E-state index contributed by atoms with van der Waals surface area (Å²) in [6.45, 7) is 1.79. The SMILES string of the molecule is O=C(CC(O)c1cc(Cl)cc(Cl)c1)N1CCOC2(CCC2)C1. The molecule has 1 saturated carbocycles. The van der Waals surface area contributed by atoms with Crippen LogP contribution in [0, 0.1) is 0 Å². The zero-order valence-electron chi connectivity index (χ0n) is 12.2. The van der Waals surface area contributed by atoms with E-state index in [1.807, 2.05) is 0 Å². The number of rotatable bonds is 3. The quantitative estimate of drug-likeness (QED) is 0.916. The second-order valence-corrected chi connectivity index (χ2v) is 7.00. The number of aliphatic hydroxyl groups is 1. The summed E-state index contributed by atoms with van der Waals surface area (Å²) in [6, 6.07) is 4.87. The molecule has 6 heteroatoms. The lowest BCUT2D eigenvalue weighted by Gasteiger charge is -2.48. The maximum Gasteiger partial charge on any atom is 0.225 e. The van der Waals surface area contributed by atoms with Gasteiger partial charge in [0, 0.05) is 23.1 Å². The Hall–Kier alpha value is -0.810. The van der Waals surface area contributed by atoms with Gasteiger partial charge < -0.3 is 14.7 Å². The number of hydrogen-bond donors (Lipinski definition) is 1. The van der Waals surface area contributed by atoms with Gasteiger partial charge in [0.2, 0.25) is 5.91 Å². The average molecular weight is 344 g/mol. The van der Waals surface area contributed by atoms with E-state index in [0.29, 0.717) is 35.3 Å². The molecule has 2 fully saturated rings. The van der Waals surface area contributed by atoms with Crippen LogP contribution >= 0.6 is 23.2 Å². The number of benzene rings is 1. The second kappa shape index (κ2) is 6.36. The normalized spacial score (nSPS) is 21.5. The Balaban J connectivity index is 1.63. The van der Waals surface area contributed by atoms with Gasteiger partial charge in [0.15, 0.2) is 0 Å². The molecule has 2 aliphatic rings. The smallest absolute Gasteiger partial charge is 0.225 e. The van der Waals surface area contributed by atoms with Crippen molar-refractivity contribution in [3.63, 3.8) is 0 Å². The molecule has 1 saturated heterocycles. The third kappa shape index (κ3) is 3.40. The second-order valence-electron chi connectivity index (χ2n) is 6.12. The summed E-state index contributed by atoms with van der Waals surface area (Å²) in [5.41, 5.74) is 0.440. The number of aliphatic hydroxyl groups excluding tert-OH is 1. The van der Waals surface area contributed by atoms with E-state index in [4.69, 9.17) is 27.9 Å². The molecule has 0 aromatic heterocycles. The molecule has 1 aromatic rings. The molecule has 22 heavy (non-hydrogen) atoms. The van der Waals surface area contributed by atoms with Gasteiger partial charge in [-0.15, -0.1) is 0 Å². The minimum Gasteiger partial charge on any atom is -0.388 e. The highest BCUT2D eigenvalue weighted by atomic mass is 35.5. The first-order valence-electron chi connectivity index (χ1n) is 7.53. The fourth-order valence-electron chi connectivity index (χ4n) is 3.11. The number of nitrogens with zero attached hydrogens (tertiary/aromatic N) is 1. The summed E-state index contributed by atoms with van der Waals surface area (Å²) < 4.78 is 5.81. The molecule has 1 atom stereocenters. The first-order valence-corrected chi connectivity index (χ1v) is 8.29. The number of carbonyl (C=O) groups excluding carboxylic acids is 1. The van der Waals surface area contributed by atoms with Crippen LogP contribution in [0.25, 0.3) is 0 Å². The Morgan fingerprint density at radius 3 is 2.59 bits per heavy atom. The summed E-state index contributed by atoms with van der Waals surface area (Å²) in [4.78, 5) is 14.2. The molecule has 120 valence electrons. The van der Waals surface area contributed by atoms with Crippen LogP contribution < -0.4 is 0 Å². The molecular weight excluding hydrogens is 325 g/mol. The maximum absolute atomic E-state index is 12.4. The van der Waals surface area contributed by atoms with E-state index in [9.17, 15) is 9.90 Å². The van der Waals surface area contributed by atoms with Gasteiger partial charge >= 0.3 is 0 Å². The fourth-order valence-corrected chi connectivity index (χ4v) is 3.65. The summed E-state index contributed by atoms with van der Waals surface area (Å²) in [6.07, 6.45) is 2.33. The van der Waals surface area contributed by atoms with Gasteiger partial charge in [0.1, 0.15) is 0 Å². The lowest BCUT2D eigenvalue weighted by atomic mass is 9.79. The molecule has 1 aromatic carbocycles. The molecule has 1 amide bonds. The Labute approximate surface area is 140 Å². The van der Waals surface area contributed by atoms with Gasteiger partial charge in [-0.1, -0.05) is 23.2 Å². The molecule has 3 rings (SSSR count). The molecule has 1 N–H and O–H groups in total. The van der Waals surface area contributed by atoms with Gasteiger partial charge in [-0.2, -0.15) is 0 Å². The van der Waals surface area contributed by atoms with Crippen molar-refractivity contribution in [2.75, 3.05) is 19.7 Å². The first-order chi connectivity index (χ1) is 10.5. The molecule has 1 aliphatic heterocycles. The molecular formula is C16H19Cl2NO3. The molecule has 1 unspecified atom stereocenters. The summed E-state index contributed by atoms with van der Waals surface area (Å²) in [7, 11) is 0. The predicted octanol–water partition coefficient (Wildman–Crippen LogP) is 3.20. The minimum atomic E-state index is -0.899. The van der Waals surface area contributed by atoms with Crippen LogP contribution in [0.4, 0.5) is 0 Å². The topological polar surface area (TPSA) is 49.8 Å². The van der Waals surface area contributed by atoms with Gasteiger partial charge in [0.25, 0.3) is 0 Å². The summed E-state index contributed by atoms with van der Waals surface area (Å²) in [5, 5.41) is 11.2. The van der Waals surface area contributed by atoms with Crippen molar-refractivity contribution in [3.8, 4) is 0 Å². The van der Waals surface area contributed by atoms with Crippen LogP contribution in [0.15, 0.2) is 18.2 Å². The monoisotopic (exact) mass is 343 g/mol. The van der Waals surface area contributed by atoms with E-state index >= 15 is 0 Å². The van der Waals surface area contributed by atoms with Crippen molar-refractivity contribution >= 4 is 29.1 Å². The number of ether oxygens (including phenoxy) is 1. The summed E-state index contributed by atoms with van der Waals surface area (Å²) in [5.74, 6) is -0.0572. The van der Waals surface area contributed by atoms with Crippen LogP contribution in [0.3, 0.4) is 0 Å². The number of carbonyl (C=O) groups is 1. The van der Waals surface area contributed by atoms with Crippen molar-refractivity contribution in [2.24, 2.45) is 0 Å². The average Bonchev–Trinajstić information content (AvgIpc) is 2.44. The number of morpholine rings is 1. The molecule has 1 spiro atoms. The minimum absolute atomic E-state index is 0.0345. The lowest BCUT2D eigenvalue weighted by Crippen LogP contribution is -2.57. The number of hydrogen-bond acceptors (Lipinski definition) is 3. The van der Waals surface area contributed by atoms with E-state index in [1.165, 1.54) is 0 Å². The van der Waals surface area contributed by atoms with E-state index in [1.54, 1.807) is 23.1 Å². The zero-order chi connectivity index (χ0) is 15.7. The highest BCUT2D eigenvalue weighted by Crippen LogP contribution is 2.38. The van der Waals surface area contributed by atoms with E-state index in [0.717, 1.165) is 19.3 Å². The van der Waals surface area contributed by atoms with Crippen LogP contribution in [0.1, 0.15) is 37.4 Å². The zero-order valence-corrected chi connectivity index (χ0v) is 13.7. The Morgan fingerprint density at radius 2 is 2.00 bits per heavy atom. The largest absolute Gasteiger partial charge is 0.388 e. The van der Waals surface area contributed by atoms with Crippen LogP contribution in [-0.2, 0) is 9.53 Å². The molecule has 1 heterocycles. The van der Waals surface area contributed by atoms with Crippen molar-refractivity contribution in [1.29, 1.82) is 0 Å². The molecule has 0 bridgehead atoms. The lowest BCUT2D eigenvalue weighted by molar-refractivity contribution is -0.168. The van der Waals surface area contributed by atoms with Crippen molar-refractivity contribution in [1.82, 2.24) is 4.90 Å². The standard InChI is InChI=1S/C16H19Cl2NO3/c17-12-6-11(7-13(18)8-12)14(20)9-15(21)19-4-5-22-16(10-19)2-1-3-16/h6-8,14,20H,1-5,9-10H2. The van der Waals surface area contributed by atoms with Crippen LogP contribution in [-0.4, -0.2) is 41.2 Å². The van der Waals surface area contributed by atoms with Gasteiger partial charge in [0.05, 0.1) is 24.7 Å². The number of amides is 1. The maximum atomic E-state index is 12.4.